The summed E-state index contributed by atoms with van der Waals surface area (Å²) in [6.45, 7) is 4.81. The normalized spacial score (nSPS) is 13.0. The molecule has 1 aliphatic carbocycles. The maximum absolute atomic E-state index is 2.48. The van der Waals surface area contributed by atoms with Crippen molar-refractivity contribution in [2.24, 2.45) is 0 Å². The van der Waals surface area contributed by atoms with Gasteiger partial charge in [0.1, 0.15) is 0 Å². The molecule has 67 heavy (non-hydrogen) atoms. The molecule has 0 aliphatic heterocycles. The molecule has 0 amide bonds. The molecule has 4 nitrogen and oxygen atoms in total. The molecule has 0 saturated carbocycles. The molecule has 0 N–H and O–H groups in total. The quantitative estimate of drug-likeness (QED) is 0.141. The Morgan fingerprint density at radius 1 is 0.299 bits per heavy atom. The summed E-state index contributed by atoms with van der Waals surface area (Å²) in [5.74, 6) is 0. The molecule has 0 heterocycles. The van der Waals surface area contributed by atoms with E-state index >= 15 is 0 Å². The van der Waals surface area contributed by atoms with Crippen LogP contribution < -0.4 is 19.6 Å². The van der Waals surface area contributed by atoms with Gasteiger partial charge in [-0.2, -0.15) is 0 Å². The molecule has 12 aromatic rings. The summed E-state index contributed by atoms with van der Waals surface area (Å²) < 4.78 is 0. The van der Waals surface area contributed by atoms with E-state index in [9.17, 15) is 0 Å². The van der Waals surface area contributed by atoms with Crippen LogP contribution >= 0.6 is 0 Å². The van der Waals surface area contributed by atoms with E-state index in [0.29, 0.717) is 0 Å². The van der Waals surface area contributed by atoms with Crippen LogP contribution in [0.1, 0.15) is 25.0 Å². The van der Waals surface area contributed by atoms with E-state index in [1.807, 2.05) is 0 Å². The third-order valence-electron chi connectivity index (χ3n) is 14.9. The highest BCUT2D eigenvalue weighted by atomic mass is 15.2. The van der Waals surface area contributed by atoms with Crippen LogP contribution in [0.2, 0.25) is 0 Å². The summed E-state index contributed by atoms with van der Waals surface area (Å²) in [7, 11) is 8.41. The molecule has 0 unspecified atom stereocenters. The molecular formula is C63H50N4. The maximum atomic E-state index is 2.48. The van der Waals surface area contributed by atoms with Crippen LogP contribution in [-0.2, 0) is 5.41 Å². The summed E-state index contributed by atoms with van der Waals surface area (Å²) >= 11 is 0. The van der Waals surface area contributed by atoms with Gasteiger partial charge in [-0.15, -0.1) is 0 Å². The lowest BCUT2D eigenvalue weighted by Crippen LogP contribution is -2.18. The van der Waals surface area contributed by atoms with E-state index in [4.69, 9.17) is 0 Å². The lowest BCUT2D eigenvalue weighted by molar-refractivity contribution is 0.660. The van der Waals surface area contributed by atoms with Crippen molar-refractivity contribution in [3.63, 3.8) is 0 Å². The van der Waals surface area contributed by atoms with Crippen LogP contribution in [0.15, 0.2) is 194 Å². The molecule has 1 aliphatic rings. The van der Waals surface area contributed by atoms with Gasteiger partial charge in [0.05, 0.1) is 11.4 Å². The minimum Gasteiger partial charge on any atom is -0.378 e. The lowest BCUT2D eigenvalue weighted by atomic mass is 9.82. The second kappa shape index (κ2) is 14.5. The summed E-state index contributed by atoms with van der Waals surface area (Å²) in [5.41, 5.74) is 14.2. The number of hydrogen-bond acceptors (Lipinski definition) is 4. The number of nitrogens with zero attached hydrogens (tertiary/aromatic N) is 4. The first-order chi connectivity index (χ1) is 32.6. The zero-order chi connectivity index (χ0) is 45.3. The Labute approximate surface area is 391 Å². The third kappa shape index (κ3) is 5.85. The molecule has 0 bridgehead atoms. The number of rotatable bonds is 8. The Morgan fingerprint density at radius 3 is 0.985 bits per heavy atom. The average molecular weight is 863 g/mol. The van der Waals surface area contributed by atoms with E-state index < -0.39 is 0 Å². The van der Waals surface area contributed by atoms with Crippen LogP contribution in [0, 0.1) is 0 Å². The number of hydrogen-bond donors (Lipinski definition) is 0. The predicted molar refractivity (Wildman–Crippen MR) is 289 cm³/mol. The Balaban J connectivity index is 0.973. The van der Waals surface area contributed by atoms with Crippen molar-refractivity contribution in [3.05, 3.63) is 205 Å². The van der Waals surface area contributed by atoms with Gasteiger partial charge in [-0.25, -0.2) is 0 Å². The first kappa shape index (κ1) is 39.3. The third-order valence-corrected chi connectivity index (χ3v) is 14.9. The molecule has 0 spiro atoms. The fourth-order valence-corrected chi connectivity index (χ4v) is 11.5. The van der Waals surface area contributed by atoms with E-state index in [1.165, 1.54) is 110 Å². The number of benzene rings is 12. The highest BCUT2D eigenvalue weighted by molar-refractivity contribution is 6.27. The Bertz CT molecular complexity index is 3610. The standard InChI is InChI=1S/C63H50N4/c1-63(2)55-37-49(66(47-25-21-45(22-26-47)64(3)4)57-35-19-43-15-13-39-9-7-11-41-17-31-53(57)61(43)59(39)41)29-33-51(55)52-34-30-50(38-56(52)63)67(48-27-23-46(24-28-48)65(5)6)58-36-20-44-16-14-40-10-8-12-42-18-32-54(58)62(44)60(40)42/h7-38H,1-6H3. The summed E-state index contributed by atoms with van der Waals surface area (Å²) in [4.78, 5) is 9.28. The minimum absolute atomic E-state index is 0.289. The highest BCUT2D eigenvalue weighted by Gasteiger charge is 2.37. The molecule has 0 aromatic heterocycles. The minimum atomic E-state index is -0.289. The summed E-state index contributed by atoms with van der Waals surface area (Å²) in [6, 6.07) is 73.2. The van der Waals surface area contributed by atoms with E-state index in [2.05, 4.69) is 256 Å². The van der Waals surface area contributed by atoms with Gasteiger partial charge in [-0.1, -0.05) is 123 Å². The molecule has 322 valence electrons. The summed E-state index contributed by atoms with van der Waals surface area (Å²) in [6.07, 6.45) is 0. The molecular weight excluding hydrogens is 813 g/mol. The highest BCUT2D eigenvalue weighted by Crippen LogP contribution is 2.54. The maximum Gasteiger partial charge on any atom is 0.0540 e. The van der Waals surface area contributed by atoms with Crippen molar-refractivity contribution in [3.8, 4) is 11.1 Å². The number of anilines is 8. The second-order valence-electron chi connectivity index (χ2n) is 19.5. The predicted octanol–water partition coefficient (Wildman–Crippen LogP) is 16.9. The Kier molecular flexibility index (Phi) is 8.48. The lowest BCUT2D eigenvalue weighted by Gasteiger charge is -2.30. The van der Waals surface area contributed by atoms with Crippen LogP contribution in [-0.4, -0.2) is 28.2 Å². The fourth-order valence-electron chi connectivity index (χ4n) is 11.5. The molecule has 12 aromatic carbocycles. The van der Waals surface area contributed by atoms with Gasteiger partial charge in [0.25, 0.3) is 0 Å². The van der Waals surface area contributed by atoms with Crippen LogP contribution in [0.3, 0.4) is 0 Å². The average Bonchev–Trinajstić information content (AvgIpc) is 3.58. The molecule has 0 saturated heterocycles. The van der Waals surface area contributed by atoms with Gasteiger partial charge in [0, 0.05) is 78.5 Å². The van der Waals surface area contributed by atoms with Gasteiger partial charge in [0.15, 0.2) is 0 Å². The van der Waals surface area contributed by atoms with Gasteiger partial charge in [0.2, 0.25) is 0 Å². The van der Waals surface area contributed by atoms with Crippen molar-refractivity contribution in [2.45, 2.75) is 19.3 Å². The molecule has 0 radical (unpaired) electrons. The van der Waals surface area contributed by atoms with E-state index in [-0.39, 0.29) is 5.41 Å². The van der Waals surface area contributed by atoms with Gasteiger partial charge in [-0.3, -0.25) is 0 Å². The molecule has 13 rings (SSSR count). The topological polar surface area (TPSA) is 13.0 Å². The van der Waals surface area contributed by atoms with Crippen molar-refractivity contribution in [1.29, 1.82) is 0 Å². The van der Waals surface area contributed by atoms with Crippen LogP contribution in [0.4, 0.5) is 45.5 Å². The Hall–Kier alpha value is -8.08. The zero-order valence-corrected chi connectivity index (χ0v) is 38.8. The smallest absolute Gasteiger partial charge is 0.0540 e. The number of fused-ring (bicyclic) bond motifs is 3. The molecule has 4 heteroatoms. The summed E-state index contributed by atoms with van der Waals surface area (Å²) in [5, 5.41) is 15.4. The van der Waals surface area contributed by atoms with Crippen molar-refractivity contribution < 1.29 is 0 Å². The first-order valence-corrected chi connectivity index (χ1v) is 23.4. The zero-order valence-electron chi connectivity index (χ0n) is 38.8. The van der Waals surface area contributed by atoms with E-state index in [0.717, 1.165) is 22.7 Å². The van der Waals surface area contributed by atoms with Crippen LogP contribution in [0.25, 0.3) is 75.8 Å². The van der Waals surface area contributed by atoms with Gasteiger partial charge in [-0.05, 0) is 161 Å². The van der Waals surface area contributed by atoms with Gasteiger partial charge >= 0.3 is 0 Å². The monoisotopic (exact) mass is 862 g/mol. The molecule has 0 atom stereocenters. The van der Waals surface area contributed by atoms with Crippen LogP contribution in [0.5, 0.6) is 0 Å². The van der Waals surface area contributed by atoms with Crippen molar-refractivity contribution in [2.75, 3.05) is 47.8 Å². The second-order valence-corrected chi connectivity index (χ2v) is 19.5. The first-order valence-electron chi connectivity index (χ1n) is 23.4. The van der Waals surface area contributed by atoms with Crippen molar-refractivity contribution in [1.82, 2.24) is 0 Å². The SMILES string of the molecule is CN(C)c1ccc(N(c2ccc3c(c2)C(C)(C)c2cc(N(c4ccc(N(C)C)cc4)c4ccc5ccc6cccc7ccc4c5c67)ccc2-3)c2ccc3ccc4cccc5ccc2c3c45)cc1. The molecule has 0 fully saturated rings. The van der Waals surface area contributed by atoms with Gasteiger partial charge < -0.3 is 19.6 Å². The fraction of sp³-hybridized carbons (Fsp3) is 0.111. The van der Waals surface area contributed by atoms with Crippen molar-refractivity contribution >= 4 is 110 Å². The van der Waals surface area contributed by atoms with E-state index in [1.54, 1.807) is 0 Å². The Morgan fingerprint density at radius 2 is 0.612 bits per heavy atom. The largest absolute Gasteiger partial charge is 0.378 e.